The minimum Gasteiger partial charge on any atom is -0.497 e. The molecule has 7 N–H and O–H groups in total. The number of nitrogens with zero attached hydrogens (tertiary/aromatic N) is 3. The van der Waals surface area contributed by atoms with Gasteiger partial charge in [0.05, 0.1) is 33.5 Å². The topological polar surface area (TPSA) is 178 Å². The number of carbonyl (C=O) groups excluding carboxylic acids is 1. The van der Waals surface area contributed by atoms with Gasteiger partial charge in [0.1, 0.15) is 5.75 Å². The van der Waals surface area contributed by atoms with Gasteiger partial charge in [-0.25, -0.2) is 0 Å². The van der Waals surface area contributed by atoms with Crippen molar-refractivity contribution in [3.8, 4) is 5.75 Å². The Bertz CT molecular complexity index is 1170. The first-order valence-corrected chi connectivity index (χ1v) is 13.1. The van der Waals surface area contributed by atoms with E-state index in [0.29, 0.717) is 88.1 Å². The molecule has 0 aliphatic rings. The Balaban J connectivity index is 1.60. The third kappa shape index (κ3) is 11.0. The van der Waals surface area contributed by atoms with Crippen molar-refractivity contribution in [3.05, 3.63) is 59.7 Å². The van der Waals surface area contributed by atoms with Crippen LogP contribution in [0.3, 0.4) is 0 Å². The molecule has 216 valence electrons. The number of nitrogens with two attached hydrogens (primary N) is 1. The molecule has 3 rings (SSSR count). The highest BCUT2D eigenvalue weighted by Gasteiger charge is 2.10. The Labute approximate surface area is 233 Å². The number of benzene rings is 2. The summed E-state index contributed by atoms with van der Waals surface area (Å²) in [5.74, 6) is 1.56. The number of amides is 1. The van der Waals surface area contributed by atoms with Gasteiger partial charge < -0.3 is 46.3 Å². The van der Waals surface area contributed by atoms with E-state index in [9.17, 15) is 4.79 Å². The summed E-state index contributed by atoms with van der Waals surface area (Å²) in [5, 5.41) is 21.4. The summed E-state index contributed by atoms with van der Waals surface area (Å²) in [6.45, 7) is 3.66. The van der Waals surface area contributed by atoms with E-state index >= 15 is 0 Å². The van der Waals surface area contributed by atoms with Crippen LogP contribution in [0.15, 0.2) is 48.5 Å². The molecule has 0 fully saturated rings. The maximum absolute atomic E-state index is 12.6. The van der Waals surface area contributed by atoms with Crippen LogP contribution in [0.2, 0.25) is 0 Å². The van der Waals surface area contributed by atoms with E-state index in [4.69, 9.17) is 25.1 Å². The van der Waals surface area contributed by atoms with Crippen LogP contribution in [0.1, 0.15) is 22.3 Å². The number of hydrogen-bond acceptors (Lipinski definition) is 12. The van der Waals surface area contributed by atoms with E-state index in [-0.39, 0.29) is 12.5 Å². The third-order valence-corrected chi connectivity index (χ3v) is 5.41. The molecule has 40 heavy (non-hydrogen) atoms. The van der Waals surface area contributed by atoms with E-state index in [1.165, 1.54) is 0 Å². The summed E-state index contributed by atoms with van der Waals surface area (Å²) in [7, 11) is 1.62. The van der Waals surface area contributed by atoms with E-state index in [1.54, 1.807) is 25.3 Å². The average molecular weight is 555 g/mol. The maximum Gasteiger partial charge on any atom is 0.251 e. The number of nitrogens with one attached hydrogen (secondary N) is 4. The van der Waals surface area contributed by atoms with E-state index in [0.717, 1.165) is 11.3 Å². The third-order valence-electron chi connectivity index (χ3n) is 5.41. The lowest BCUT2D eigenvalue weighted by molar-refractivity contribution is 0.0511. The standard InChI is InChI=1S/C27H38N8O5/c1-38-23-8-6-20(7-9-23)19-31-26-33-25(30-11-3-13-36)34-27(35-26)32-22-5-2-4-21(18-22)24(37)29-12-15-40-17-16-39-14-10-28/h2,4-9,18,36H,3,10-17,19,28H2,1H3,(H,29,37)(H3,30,31,32,33,34,35). The Morgan fingerprint density at radius 3 is 2.35 bits per heavy atom. The zero-order valence-corrected chi connectivity index (χ0v) is 22.7. The molecule has 0 spiro atoms. The number of anilines is 4. The van der Waals surface area contributed by atoms with Gasteiger partial charge in [-0.2, -0.15) is 15.0 Å². The van der Waals surface area contributed by atoms with Crippen LogP contribution in [0.4, 0.5) is 23.5 Å². The Hall–Kier alpha value is -4.04. The van der Waals surface area contributed by atoms with Crippen molar-refractivity contribution < 1.29 is 24.1 Å². The fourth-order valence-electron chi connectivity index (χ4n) is 3.41. The number of ether oxygens (including phenoxy) is 3. The molecule has 0 atom stereocenters. The van der Waals surface area contributed by atoms with Gasteiger partial charge in [0.2, 0.25) is 17.8 Å². The minimum atomic E-state index is -0.226. The van der Waals surface area contributed by atoms with Crippen LogP contribution < -0.4 is 31.7 Å². The van der Waals surface area contributed by atoms with Crippen molar-refractivity contribution in [2.24, 2.45) is 5.73 Å². The number of aromatic nitrogens is 3. The highest BCUT2D eigenvalue weighted by Crippen LogP contribution is 2.18. The fraction of sp³-hybridized carbons (Fsp3) is 0.407. The monoisotopic (exact) mass is 554 g/mol. The molecule has 0 saturated carbocycles. The van der Waals surface area contributed by atoms with Crippen LogP contribution in [-0.2, 0) is 16.0 Å². The number of rotatable bonds is 19. The molecule has 1 aromatic heterocycles. The van der Waals surface area contributed by atoms with Gasteiger partial charge in [-0.1, -0.05) is 18.2 Å². The van der Waals surface area contributed by atoms with Gasteiger partial charge in [-0.3, -0.25) is 4.79 Å². The lowest BCUT2D eigenvalue weighted by atomic mass is 10.2. The van der Waals surface area contributed by atoms with Crippen molar-refractivity contribution in [1.29, 1.82) is 0 Å². The Morgan fingerprint density at radius 1 is 0.900 bits per heavy atom. The molecular weight excluding hydrogens is 516 g/mol. The highest BCUT2D eigenvalue weighted by molar-refractivity contribution is 5.95. The summed E-state index contributed by atoms with van der Waals surface area (Å²) < 4.78 is 15.9. The van der Waals surface area contributed by atoms with Crippen molar-refractivity contribution in [2.75, 3.05) is 75.7 Å². The molecule has 2 aromatic carbocycles. The fourth-order valence-corrected chi connectivity index (χ4v) is 3.41. The van der Waals surface area contributed by atoms with Crippen LogP contribution in [0, 0.1) is 0 Å². The smallest absolute Gasteiger partial charge is 0.251 e. The first kappa shape index (κ1) is 30.5. The van der Waals surface area contributed by atoms with E-state index in [2.05, 4.69) is 36.2 Å². The first-order valence-electron chi connectivity index (χ1n) is 13.1. The molecule has 0 aliphatic heterocycles. The predicted molar refractivity (Wildman–Crippen MR) is 153 cm³/mol. The Kier molecular flexibility index (Phi) is 13.4. The minimum absolute atomic E-state index is 0.0515. The van der Waals surface area contributed by atoms with Crippen molar-refractivity contribution >= 4 is 29.4 Å². The van der Waals surface area contributed by atoms with Gasteiger partial charge >= 0.3 is 0 Å². The molecule has 13 heteroatoms. The molecule has 3 aromatic rings. The van der Waals surface area contributed by atoms with Crippen LogP contribution in [0.5, 0.6) is 5.75 Å². The second kappa shape index (κ2) is 17.5. The average Bonchev–Trinajstić information content (AvgIpc) is 2.98. The number of aliphatic hydroxyl groups excluding tert-OH is 1. The van der Waals surface area contributed by atoms with Gasteiger partial charge in [-0.05, 0) is 42.3 Å². The molecular formula is C27H38N8O5. The van der Waals surface area contributed by atoms with E-state index in [1.807, 2.05) is 30.3 Å². The number of hydrogen-bond donors (Lipinski definition) is 6. The number of aliphatic hydroxyl groups is 1. The predicted octanol–water partition coefficient (Wildman–Crippen LogP) is 1.75. The summed E-state index contributed by atoms with van der Waals surface area (Å²) in [6, 6.07) is 14.7. The van der Waals surface area contributed by atoms with Crippen LogP contribution in [0.25, 0.3) is 0 Å². The van der Waals surface area contributed by atoms with Crippen molar-refractivity contribution in [3.63, 3.8) is 0 Å². The van der Waals surface area contributed by atoms with Gasteiger partial charge in [0.15, 0.2) is 0 Å². The normalized spacial score (nSPS) is 10.7. The zero-order chi connectivity index (χ0) is 28.4. The molecule has 0 unspecified atom stereocenters. The van der Waals surface area contributed by atoms with Crippen LogP contribution >= 0.6 is 0 Å². The second-order valence-corrected chi connectivity index (χ2v) is 8.49. The molecule has 0 aliphatic carbocycles. The SMILES string of the molecule is COc1ccc(CNc2nc(NCCCO)nc(Nc3cccc(C(=O)NCCOCCOCCN)c3)n2)cc1. The Morgan fingerprint density at radius 2 is 1.62 bits per heavy atom. The molecule has 0 radical (unpaired) electrons. The van der Waals surface area contributed by atoms with Crippen molar-refractivity contribution in [2.45, 2.75) is 13.0 Å². The quantitative estimate of drug-likeness (QED) is 0.118. The van der Waals surface area contributed by atoms with Gasteiger partial charge in [0, 0.05) is 44.0 Å². The highest BCUT2D eigenvalue weighted by atomic mass is 16.5. The second-order valence-electron chi connectivity index (χ2n) is 8.49. The van der Waals surface area contributed by atoms with Gasteiger partial charge in [0.25, 0.3) is 5.91 Å². The molecule has 13 nitrogen and oxygen atoms in total. The summed E-state index contributed by atoms with van der Waals surface area (Å²) in [4.78, 5) is 26.0. The zero-order valence-electron chi connectivity index (χ0n) is 22.7. The van der Waals surface area contributed by atoms with Gasteiger partial charge in [-0.15, -0.1) is 0 Å². The summed E-state index contributed by atoms with van der Waals surface area (Å²) in [6.07, 6.45) is 0.549. The van der Waals surface area contributed by atoms with Crippen molar-refractivity contribution in [1.82, 2.24) is 20.3 Å². The lowest BCUT2D eigenvalue weighted by Gasteiger charge is -2.12. The molecule has 1 amide bonds. The van der Waals surface area contributed by atoms with Crippen LogP contribution in [-0.4, -0.2) is 85.7 Å². The lowest BCUT2D eigenvalue weighted by Crippen LogP contribution is -2.27. The van der Waals surface area contributed by atoms with E-state index < -0.39 is 0 Å². The largest absolute Gasteiger partial charge is 0.497 e. The number of carbonyl (C=O) groups is 1. The first-order chi connectivity index (χ1) is 19.6. The molecule has 0 bridgehead atoms. The maximum atomic E-state index is 12.6. The molecule has 1 heterocycles. The molecule has 0 saturated heterocycles. The summed E-state index contributed by atoms with van der Waals surface area (Å²) >= 11 is 0. The summed E-state index contributed by atoms with van der Waals surface area (Å²) in [5.41, 5.74) is 7.50. The number of methoxy groups -OCH3 is 1.